The van der Waals surface area contributed by atoms with E-state index in [1.807, 2.05) is 13.8 Å². The quantitative estimate of drug-likeness (QED) is 0.708. The van der Waals surface area contributed by atoms with Crippen molar-refractivity contribution in [3.63, 3.8) is 0 Å². The fourth-order valence-electron chi connectivity index (χ4n) is 1.20. The molecule has 0 fully saturated rings. The number of rotatable bonds is 4. The van der Waals surface area contributed by atoms with Crippen molar-refractivity contribution in [2.75, 3.05) is 11.1 Å². The Balaban J connectivity index is 2.89. The van der Waals surface area contributed by atoms with E-state index in [1.54, 1.807) is 6.07 Å². The van der Waals surface area contributed by atoms with E-state index >= 15 is 0 Å². The number of carbonyl (C=O) groups is 1. The van der Waals surface area contributed by atoms with Crippen LogP contribution in [0.3, 0.4) is 0 Å². The van der Waals surface area contributed by atoms with Crippen LogP contribution in [0.2, 0.25) is 0 Å². The third kappa shape index (κ3) is 3.34. The normalized spacial score (nSPS) is 12.5. The van der Waals surface area contributed by atoms with E-state index < -0.39 is 11.9 Å². The number of primary amides is 1. The van der Waals surface area contributed by atoms with Gasteiger partial charge in [0.05, 0.1) is 0 Å². The van der Waals surface area contributed by atoms with Crippen LogP contribution < -0.4 is 16.8 Å². The fraction of sp³-hybridized carbons (Fsp3) is 0.444. The number of nitrogen functional groups attached to an aromatic ring is 1. The molecule has 0 bridgehead atoms. The van der Waals surface area contributed by atoms with Gasteiger partial charge in [-0.2, -0.15) is 4.98 Å². The second kappa shape index (κ2) is 5.11. The predicted octanol–water partition coefficient (Wildman–Crippen LogP) is 0.743. The maximum absolute atomic E-state index is 11.2. The van der Waals surface area contributed by atoms with Gasteiger partial charge in [0.2, 0.25) is 11.9 Å². The van der Waals surface area contributed by atoms with E-state index in [1.165, 1.54) is 0 Å². The molecule has 0 aliphatic rings. The predicted molar refractivity (Wildman–Crippen MR) is 65.6 cm³/mol. The van der Waals surface area contributed by atoms with Crippen LogP contribution in [-0.4, -0.2) is 21.9 Å². The molecule has 1 atom stereocenters. The van der Waals surface area contributed by atoms with Crippen molar-refractivity contribution in [3.05, 3.63) is 10.7 Å². The number of anilines is 2. The van der Waals surface area contributed by atoms with Crippen molar-refractivity contribution >= 4 is 33.6 Å². The Morgan fingerprint density at radius 2 is 2.12 bits per heavy atom. The van der Waals surface area contributed by atoms with E-state index in [2.05, 4.69) is 31.2 Å². The Kier molecular flexibility index (Phi) is 4.05. The van der Waals surface area contributed by atoms with Gasteiger partial charge >= 0.3 is 0 Å². The summed E-state index contributed by atoms with van der Waals surface area (Å²) in [5, 5.41) is 2.85. The number of halogens is 1. The van der Waals surface area contributed by atoms with Gasteiger partial charge in [0.1, 0.15) is 16.5 Å². The average Bonchev–Trinajstić information content (AvgIpc) is 2.11. The molecular formula is C9H14BrN5O. The summed E-state index contributed by atoms with van der Waals surface area (Å²) in [4.78, 5) is 19.2. The third-order valence-electron chi connectivity index (χ3n) is 1.97. The Labute approximate surface area is 102 Å². The summed E-state index contributed by atoms with van der Waals surface area (Å²) in [6.07, 6.45) is 0. The third-order valence-corrected chi connectivity index (χ3v) is 2.38. The van der Waals surface area contributed by atoms with Crippen molar-refractivity contribution in [2.24, 2.45) is 11.7 Å². The molecule has 1 aromatic rings. The van der Waals surface area contributed by atoms with Gasteiger partial charge in [0.15, 0.2) is 0 Å². The second-order valence-electron chi connectivity index (χ2n) is 3.71. The zero-order valence-electron chi connectivity index (χ0n) is 9.07. The van der Waals surface area contributed by atoms with Gasteiger partial charge in [-0.3, -0.25) is 4.79 Å². The van der Waals surface area contributed by atoms with Crippen LogP contribution in [0.5, 0.6) is 0 Å². The van der Waals surface area contributed by atoms with E-state index in [9.17, 15) is 4.79 Å². The molecule has 5 N–H and O–H groups in total. The van der Waals surface area contributed by atoms with Crippen LogP contribution >= 0.6 is 15.9 Å². The SMILES string of the molecule is CC(C)C(Nc1nc(N)cc(Br)n1)C(N)=O. The molecule has 1 unspecified atom stereocenters. The number of nitrogens with two attached hydrogens (primary N) is 2. The monoisotopic (exact) mass is 287 g/mol. The molecule has 1 heterocycles. The van der Waals surface area contributed by atoms with Gasteiger partial charge in [-0.05, 0) is 21.8 Å². The number of amides is 1. The first-order valence-corrected chi connectivity index (χ1v) is 5.55. The van der Waals surface area contributed by atoms with Crippen molar-refractivity contribution in [1.29, 1.82) is 0 Å². The van der Waals surface area contributed by atoms with Gasteiger partial charge in [-0.25, -0.2) is 4.98 Å². The lowest BCUT2D eigenvalue weighted by Gasteiger charge is -2.18. The average molecular weight is 288 g/mol. The van der Waals surface area contributed by atoms with E-state index in [-0.39, 0.29) is 11.9 Å². The summed E-state index contributed by atoms with van der Waals surface area (Å²) in [6, 6.07) is 1.05. The highest BCUT2D eigenvalue weighted by molar-refractivity contribution is 9.10. The van der Waals surface area contributed by atoms with Gasteiger partial charge in [0.25, 0.3) is 0 Å². The van der Waals surface area contributed by atoms with Crippen LogP contribution in [0.1, 0.15) is 13.8 Å². The van der Waals surface area contributed by atoms with Gasteiger partial charge in [-0.15, -0.1) is 0 Å². The van der Waals surface area contributed by atoms with Crippen molar-refractivity contribution < 1.29 is 4.79 Å². The highest BCUT2D eigenvalue weighted by Gasteiger charge is 2.20. The van der Waals surface area contributed by atoms with Crippen LogP contribution in [0.25, 0.3) is 0 Å². The van der Waals surface area contributed by atoms with Crippen molar-refractivity contribution in [1.82, 2.24) is 9.97 Å². The minimum atomic E-state index is -0.520. The Hall–Kier alpha value is -1.37. The second-order valence-corrected chi connectivity index (χ2v) is 4.52. The molecule has 0 radical (unpaired) electrons. The standard InChI is InChI=1S/C9H14BrN5O/c1-4(2)7(8(12)16)15-9-13-5(10)3-6(11)14-9/h3-4,7H,1-2H3,(H2,12,16)(H3,11,13,14,15). The zero-order chi connectivity index (χ0) is 12.3. The smallest absolute Gasteiger partial charge is 0.240 e. The Bertz CT molecular complexity index is 375. The summed E-state index contributed by atoms with van der Waals surface area (Å²) in [5.74, 6) is 0.194. The van der Waals surface area contributed by atoms with E-state index in [4.69, 9.17) is 11.5 Å². The summed E-state index contributed by atoms with van der Waals surface area (Å²) < 4.78 is 0.550. The van der Waals surface area contributed by atoms with Crippen molar-refractivity contribution in [2.45, 2.75) is 19.9 Å². The highest BCUT2D eigenvalue weighted by atomic mass is 79.9. The van der Waals surface area contributed by atoms with Crippen LogP contribution in [0, 0.1) is 5.92 Å². The van der Waals surface area contributed by atoms with Gasteiger partial charge in [-0.1, -0.05) is 13.8 Å². The first kappa shape index (κ1) is 12.7. The highest BCUT2D eigenvalue weighted by Crippen LogP contribution is 2.14. The van der Waals surface area contributed by atoms with Gasteiger partial charge < -0.3 is 16.8 Å². The number of carbonyl (C=O) groups excluding carboxylic acids is 1. The van der Waals surface area contributed by atoms with Crippen LogP contribution in [0.4, 0.5) is 11.8 Å². The number of nitrogens with zero attached hydrogens (tertiary/aromatic N) is 2. The Morgan fingerprint density at radius 1 is 1.50 bits per heavy atom. The fourth-order valence-corrected chi connectivity index (χ4v) is 1.61. The largest absolute Gasteiger partial charge is 0.383 e. The molecule has 1 aromatic heterocycles. The lowest BCUT2D eigenvalue weighted by atomic mass is 10.0. The Morgan fingerprint density at radius 3 is 2.56 bits per heavy atom. The summed E-state index contributed by atoms with van der Waals surface area (Å²) >= 11 is 3.19. The molecular weight excluding hydrogens is 274 g/mol. The number of aromatic nitrogens is 2. The zero-order valence-corrected chi connectivity index (χ0v) is 10.7. The molecule has 1 rings (SSSR count). The first-order chi connectivity index (χ1) is 7.40. The van der Waals surface area contributed by atoms with Crippen molar-refractivity contribution in [3.8, 4) is 0 Å². The molecule has 0 saturated heterocycles. The maximum atomic E-state index is 11.2. The molecule has 0 aromatic carbocycles. The summed E-state index contributed by atoms with van der Waals surface area (Å²) in [5.41, 5.74) is 10.8. The molecule has 7 heteroatoms. The van der Waals surface area contributed by atoms with Crippen LogP contribution in [-0.2, 0) is 4.79 Å². The molecule has 6 nitrogen and oxygen atoms in total. The molecule has 0 aliphatic heterocycles. The number of hydrogen-bond acceptors (Lipinski definition) is 5. The van der Waals surface area contributed by atoms with E-state index in [0.717, 1.165) is 0 Å². The minimum absolute atomic E-state index is 0.0429. The molecule has 0 spiro atoms. The summed E-state index contributed by atoms with van der Waals surface area (Å²) in [6.45, 7) is 3.76. The van der Waals surface area contributed by atoms with Gasteiger partial charge in [0, 0.05) is 6.07 Å². The molecule has 1 amide bonds. The molecule has 0 aliphatic carbocycles. The first-order valence-electron chi connectivity index (χ1n) is 4.76. The lowest BCUT2D eigenvalue weighted by Crippen LogP contribution is -2.40. The van der Waals surface area contributed by atoms with E-state index in [0.29, 0.717) is 10.4 Å². The molecule has 0 saturated carbocycles. The minimum Gasteiger partial charge on any atom is -0.383 e. The maximum Gasteiger partial charge on any atom is 0.240 e. The number of hydrogen-bond donors (Lipinski definition) is 3. The number of nitrogens with one attached hydrogen (secondary N) is 1. The lowest BCUT2D eigenvalue weighted by molar-refractivity contribution is -0.119. The van der Waals surface area contributed by atoms with Crippen LogP contribution in [0.15, 0.2) is 10.7 Å². The topological polar surface area (TPSA) is 107 Å². The summed E-state index contributed by atoms with van der Waals surface area (Å²) in [7, 11) is 0. The molecule has 88 valence electrons. The molecule has 16 heavy (non-hydrogen) atoms.